The lowest BCUT2D eigenvalue weighted by molar-refractivity contribution is 0.765. The van der Waals surface area contributed by atoms with E-state index in [-0.39, 0.29) is 0 Å². The monoisotopic (exact) mass is 144 g/mol. The van der Waals surface area contributed by atoms with Gasteiger partial charge >= 0.3 is 0 Å². The lowest BCUT2D eigenvalue weighted by Crippen LogP contribution is -1.90. The maximum atomic E-state index is 2.23. The molecule has 0 nitrogen and oxygen atoms in total. The molecule has 0 aliphatic heterocycles. The highest BCUT2D eigenvalue weighted by Gasteiger charge is 1.98. The first-order chi connectivity index (χ1) is 4.09. The van der Waals surface area contributed by atoms with Crippen molar-refractivity contribution in [3.63, 3.8) is 0 Å². The predicted molar refractivity (Wildman–Crippen MR) is 46.7 cm³/mol. The fourth-order valence-corrected chi connectivity index (χ4v) is 1.13. The molecule has 0 heterocycles. The van der Waals surface area contributed by atoms with Crippen LogP contribution in [0.1, 0.15) is 27.7 Å². The minimum absolute atomic E-state index is 0.706. The Morgan fingerprint density at radius 2 is 1.67 bits per heavy atom. The largest absolute Gasteiger partial charge is 0.134 e. The second-order valence-corrected chi connectivity index (χ2v) is 3.62. The summed E-state index contributed by atoms with van der Waals surface area (Å²) in [6, 6.07) is 0. The molecule has 1 heteroatoms. The predicted octanol–water partition coefficient (Wildman–Crippen LogP) is 3.30. The average Bonchev–Trinajstić information content (AvgIpc) is 1.84. The molecule has 0 rings (SSSR count). The summed E-state index contributed by atoms with van der Waals surface area (Å²) in [6.07, 6.45) is 2.13. The second-order valence-electron chi connectivity index (χ2n) is 2.60. The van der Waals surface area contributed by atoms with Crippen molar-refractivity contribution in [3.05, 3.63) is 10.5 Å². The number of hydrogen-bond donors (Lipinski definition) is 0. The molecule has 0 aliphatic carbocycles. The highest BCUT2D eigenvalue weighted by Crippen LogP contribution is 2.20. The summed E-state index contributed by atoms with van der Waals surface area (Å²) in [5.41, 5.74) is 1.52. The van der Waals surface area contributed by atoms with Crippen molar-refractivity contribution in [2.24, 2.45) is 5.92 Å². The quantitative estimate of drug-likeness (QED) is 0.573. The molecule has 0 aromatic rings. The van der Waals surface area contributed by atoms with Gasteiger partial charge in [-0.15, -0.1) is 11.8 Å². The van der Waals surface area contributed by atoms with Crippen molar-refractivity contribution in [2.75, 3.05) is 6.26 Å². The summed E-state index contributed by atoms with van der Waals surface area (Å²) in [7, 11) is 0. The summed E-state index contributed by atoms with van der Waals surface area (Å²) in [5.74, 6) is 0.706. The first-order valence-electron chi connectivity index (χ1n) is 3.31. The normalized spacial score (nSPS) is 14.0. The zero-order chi connectivity index (χ0) is 7.44. The molecule has 0 fully saturated rings. The molecular formula is C8H16S. The molecule has 0 saturated heterocycles. The van der Waals surface area contributed by atoms with E-state index in [0.717, 1.165) is 0 Å². The van der Waals surface area contributed by atoms with Gasteiger partial charge < -0.3 is 0 Å². The highest BCUT2D eigenvalue weighted by molar-refractivity contribution is 8.02. The summed E-state index contributed by atoms with van der Waals surface area (Å²) < 4.78 is 0. The lowest BCUT2D eigenvalue weighted by atomic mass is 10.1. The zero-order valence-corrected chi connectivity index (χ0v) is 7.80. The van der Waals surface area contributed by atoms with Crippen LogP contribution in [0, 0.1) is 5.92 Å². The molecule has 0 aromatic carbocycles. The molecule has 0 unspecified atom stereocenters. The van der Waals surface area contributed by atoms with Crippen molar-refractivity contribution in [3.8, 4) is 0 Å². The Hall–Kier alpha value is 0.0900. The Bertz CT molecular complexity index is 112. The number of thioether (sulfide) groups is 1. The van der Waals surface area contributed by atoms with Crippen molar-refractivity contribution in [1.82, 2.24) is 0 Å². The fourth-order valence-electron chi connectivity index (χ4n) is 0.568. The molecule has 0 saturated carbocycles. The van der Waals surface area contributed by atoms with Crippen LogP contribution in [0.4, 0.5) is 0 Å². The van der Waals surface area contributed by atoms with E-state index in [2.05, 4.69) is 34.0 Å². The van der Waals surface area contributed by atoms with Gasteiger partial charge in [0.15, 0.2) is 0 Å². The van der Waals surface area contributed by atoms with E-state index in [4.69, 9.17) is 0 Å². The zero-order valence-electron chi connectivity index (χ0n) is 6.99. The molecule has 9 heavy (non-hydrogen) atoms. The van der Waals surface area contributed by atoms with Crippen LogP contribution in [0.25, 0.3) is 0 Å². The van der Waals surface area contributed by atoms with Gasteiger partial charge in [-0.1, -0.05) is 19.4 Å². The van der Waals surface area contributed by atoms with Crippen LogP contribution in [0.15, 0.2) is 10.5 Å². The van der Waals surface area contributed by atoms with E-state index < -0.39 is 0 Å². The Morgan fingerprint density at radius 1 is 1.22 bits per heavy atom. The molecule has 0 aliphatic rings. The average molecular weight is 144 g/mol. The number of hydrogen-bond acceptors (Lipinski definition) is 1. The van der Waals surface area contributed by atoms with Crippen LogP contribution in [0.2, 0.25) is 0 Å². The summed E-state index contributed by atoms with van der Waals surface area (Å²) >= 11 is 1.84. The van der Waals surface area contributed by atoms with Crippen molar-refractivity contribution >= 4 is 11.8 Å². The minimum Gasteiger partial charge on any atom is -0.134 e. The summed E-state index contributed by atoms with van der Waals surface area (Å²) in [5, 5.41) is 0. The van der Waals surface area contributed by atoms with E-state index in [1.807, 2.05) is 11.8 Å². The fraction of sp³-hybridized carbons (Fsp3) is 0.750. The molecule has 0 spiro atoms. The smallest absolute Gasteiger partial charge is 0.0140 e. The molecular weight excluding hydrogens is 128 g/mol. The van der Waals surface area contributed by atoms with Gasteiger partial charge in [-0.3, -0.25) is 0 Å². The Labute approximate surface area is 62.7 Å². The first kappa shape index (κ1) is 9.09. The van der Waals surface area contributed by atoms with E-state index in [1.165, 1.54) is 10.5 Å². The molecule has 0 N–H and O–H groups in total. The van der Waals surface area contributed by atoms with E-state index in [9.17, 15) is 0 Å². The third kappa shape index (κ3) is 2.95. The van der Waals surface area contributed by atoms with Crippen molar-refractivity contribution < 1.29 is 0 Å². The number of allylic oxidation sites excluding steroid dienone is 2. The van der Waals surface area contributed by atoms with Gasteiger partial charge in [-0.25, -0.2) is 0 Å². The van der Waals surface area contributed by atoms with Crippen LogP contribution < -0.4 is 0 Å². The van der Waals surface area contributed by atoms with Gasteiger partial charge in [0.1, 0.15) is 0 Å². The molecule has 0 bridgehead atoms. The lowest BCUT2D eigenvalue weighted by Gasteiger charge is -2.07. The summed E-state index contributed by atoms with van der Waals surface area (Å²) in [4.78, 5) is 1.46. The Kier molecular flexibility index (Phi) is 4.03. The molecule has 0 amide bonds. The van der Waals surface area contributed by atoms with Gasteiger partial charge in [0.25, 0.3) is 0 Å². The van der Waals surface area contributed by atoms with Crippen LogP contribution >= 0.6 is 11.8 Å². The molecule has 0 atom stereocenters. The SMILES string of the molecule is CS/C(C)=C(\C)C(C)C. The van der Waals surface area contributed by atoms with Gasteiger partial charge in [-0.05, 0) is 30.9 Å². The summed E-state index contributed by atoms with van der Waals surface area (Å²) in [6.45, 7) is 8.85. The van der Waals surface area contributed by atoms with Gasteiger partial charge in [0.05, 0.1) is 0 Å². The third-order valence-electron chi connectivity index (χ3n) is 1.73. The number of rotatable bonds is 2. The van der Waals surface area contributed by atoms with Crippen LogP contribution in [0.3, 0.4) is 0 Å². The maximum absolute atomic E-state index is 2.23. The molecule has 54 valence electrons. The van der Waals surface area contributed by atoms with E-state index in [0.29, 0.717) is 5.92 Å². The minimum atomic E-state index is 0.706. The van der Waals surface area contributed by atoms with Gasteiger partial charge in [-0.2, -0.15) is 0 Å². The van der Waals surface area contributed by atoms with E-state index >= 15 is 0 Å². The van der Waals surface area contributed by atoms with Crippen LogP contribution in [0.5, 0.6) is 0 Å². The first-order valence-corrected chi connectivity index (χ1v) is 4.53. The van der Waals surface area contributed by atoms with Crippen molar-refractivity contribution in [2.45, 2.75) is 27.7 Å². The van der Waals surface area contributed by atoms with Gasteiger partial charge in [0, 0.05) is 0 Å². The van der Waals surface area contributed by atoms with E-state index in [1.54, 1.807) is 0 Å². The Balaban J connectivity index is 4.10. The maximum Gasteiger partial charge on any atom is -0.0140 e. The standard InChI is InChI=1S/C8H16S/c1-6(2)7(3)8(4)9-5/h6H,1-5H3/b8-7+. The highest BCUT2D eigenvalue weighted by atomic mass is 32.2. The van der Waals surface area contributed by atoms with Gasteiger partial charge in [0.2, 0.25) is 0 Å². The van der Waals surface area contributed by atoms with Crippen LogP contribution in [-0.2, 0) is 0 Å². The molecule has 0 aromatic heterocycles. The Morgan fingerprint density at radius 3 is 1.78 bits per heavy atom. The van der Waals surface area contributed by atoms with Crippen LogP contribution in [-0.4, -0.2) is 6.26 Å². The molecule has 0 radical (unpaired) electrons. The van der Waals surface area contributed by atoms with Crippen molar-refractivity contribution in [1.29, 1.82) is 0 Å². The topological polar surface area (TPSA) is 0 Å². The third-order valence-corrected chi connectivity index (χ3v) is 2.66. The second kappa shape index (κ2) is 3.99.